The number of aromatic nitrogens is 3. The summed E-state index contributed by atoms with van der Waals surface area (Å²) in [5.74, 6) is 0. The van der Waals surface area contributed by atoms with Gasteiger partial charge in [0.05, 0.1) is 28.4 Å². The van der Waals surface area contributed by atoms with Gasteiger partial charge in [-0.15, -0.1) is 0 Å². The average molecular weight is 385 g/mol. The smallest absolute Gasteiger partial charge is 0.282 e. The van der Waals surface area contributed by atoms with Crippen LogP contribution in [0.25, 0.3) is 15.3 Å². The van der Waals surface area contributed by atoms with Crippen molar-refractivity contribution in [1.82, 2.24) is 14.8 Å². The molecule has 0 bridgehead atoms. The highest BCUT2D eigenvalue weighted by Crippen LogP contribution is 2.24. The van der Waals surface area contributed by atoms with Crippen LogP contribution in [0, 0.1) is 0 Å². The highest BCUT2D eigenvalue weighted by Gasteiger charge is 2.20. The molecule has 1 N–H and O–H groups in total. The summed E-state index contributed by atoms with van der Waals surface area (Å²) in [7, 11) is 0. The average Bonchev–Trinajstić information content (AvgIpc) is 3.38. The Labute approximate surface area is 161 Å². The van der Waals surface area contributed by atoms with Crippen LogP contribution in [0.4, 0.5) is 0 Å². The molecule has 1 atom stereocenters. The normalized spacial score (nSPS) is 17.9. The van der Waals surface area contributed by atoms with Crippen LogP contribution in [0.1, 0.15) is 44.4 Å². The van der Waals surface area contributed by atoms with Crippen molar-refractivity contribution in [2.75, 3.05) is 13.2 Å². The molecule has 0 amide bonds. The third-order valence-electron chi connectivity index (χ3n) is 4.86. The largest absolute Gasteiger partial charge is 0.376 e. The molecule has 142 valence electrons. The van der Waals surface area contributed by atoms with E-state index in [4.69, 9.17) is 4.74 Å². The van der Waals surface area contributed by atoms with E-state index in [0.29, 0.717) is 17.2 Å². The number of aliphatic imine (C=N–C) groups is 1. The molecule has 0 spiro atoms. The third kappa shape index (κ3) is 3.61. The van der Waals surface area contributed by atoms with Crippen molar-refractivity contribution >= 4 is 27.3 Å². The number of hydrogen-bond acceptors (Lipinski definition) is 5. The molecule has 1 unspecified atom stereocenters. The van der Waals surface area contributed by atoms with Crippen LogP contribution in [-0.2, 0) is 11.2 Å². The molecule has 1 aliphatic heterocycles. The lowest BCUT2D eigenvalue weighted by Gasteiger charge is -2.06. The summed E-state index contributed by atoms with van der Waals surface area (Å²) in [4.78, 5) is 22.5. The molecule has 2 aromatic heterocycles. The maximum Gasteiger partial charge on any atom is 0.282 e. The number of nitrogens with one attached hydrogen (secondary N) is 1. The molecule has 1 aliphatic rings. The van der Waals surface area contributed by atoms with Crippen molar-refractivity contribution in [3.8, 4) is 5.13 Å². The van der Waals surface area contributed by atoms with Gasteiger partial charge in [0.1, 0.15) is 0 Å². The molecular weight excluding hydrogens is 360 g/mol. The zero-order valence-electron chi connectivity index (χ0n) is 15.7. The fourth-order valence-electron chi connectivity index (χ4n) is 3.48. The van der Waals surface area contributed by atoms with Crippen molar-refractivity contribution in [2.45, 2.75) is 45.6 Å². The molecule has 6 nitrogen and oxygen atoms in total. The molecule has 1 aromatic carbocycles. The summed E-state index contributed by atoms with van der Waals surface area (Å²) in [6.07, 6.45) is 4.07. The Morgan fingerprint density at radius 3 is 3.04 bits per heavy atom. The predicted molar refractivity (Wildman–Crippen MR) is 110 cm³/mol. The number of H-pyrrole nitrogens is 1. The quantitative estimate of drug-likeness (QED) is 0.659. The van der Waals surface area contributed by atoms with Gasteiger partial charge in [-0.2, -0.15) is 4.68 Å². The van der Waals surface area contributed by atoms with Crippen molar-refractivity contribution in [2.24, 2.45) is 4.99 Å². The molecule has 0 radical (unpaired) electrons. The Kier molecular flexibility index (Phi) is 5.22. The van der Waals surface area contributed by atoms with E-state index < -0.39 is 0 Å². The number of para-hydroxylation sites is 1. The lowest BCUT2D eigenvalue weighted by atomic mass is 10.1. The van der Waals surface area contributed by atoms with E-state index in [1.54, 1.807) is 4.68 Å². The van der Waals surface area contributed by atoms with E-state index in [1.165, 1.54) is 11.3 Å². The summed E-state index contributed by atoms with van der Waals surface area (Å²) in [6.45, 7) is 5.45. The first kappa shape index (κ1) is 18.1. The Bertz CT molecular complexity index is 991. The van der Waals surface area contributed by atoms with Gasteiger partial charge in [-0.3, -0.25) is 14.9 Å². The number of hydrogen-bond donors (Lipinski definition) is 1. The molecule has 27 heavy (non-hydrogen) atoms. The summed E-state index contributed by atoms with van der Waals surface area (Å²) in [5.41, 5.74) is 3.20. The Balaban J connectivity index is 1.72. The van der Waals surface area contributed by atoms with Gasteiger partial charge in [0.25, 0.3) is 5.56 Å². The number of aryl methyl sites for hydroxylation is 1. The van der Waals surface area contributed by atoms with Gasteiger partial charge in [0.2, 0.25) is 5.13 Å². The molecule has 4 rings (SSSR count). The fourth-order valence-corrected chi connectivity index (χ4v) is 4.41. The van der Waals surface area contributed by atoms with Gasteiger partial charge >= 0.3 is 0 Å². The SMILES string of the molecule is CCCc1[nH]n(-c2nc3ccccc3s2)c(=O)c1C(C)=NCC1CCCO1. The van der Waals surface area contributed by atoms with Crippen molar-refractivity contribution < 1.29 is 4.74 Å². The molecule has 3 aromatic rings. The lowest BCUT2D eigenvalue weighted by Crippen LogP contribution is -2.20. The monoisotopic (exact) mass is 384 g/mol. The van der Waals surface area contributed by atoms with Crippen LogP contribution in [0.3, 0.4) is 0 Å². The van der Waals surface area contributed by atoms with Crippen LogP contribution in [0.2, 0.25) is 0 Å². The van der Waals surface area contributed by atoms with Gasteiger partial charge in [-0.25, -0.2) is 4.98 Å². The lowest BCUT2D eigenvalue weighted by molar-refractivity contribution is 0.118. The van der Waals surface area contributed by atoms with Gasteiger partial charge in [-0.1, -0.05) is 36.8 Å². The minimum absolute atomic E-state index is 0.0777. The molecular formula is C20H24N4O2S. The zero-order valence-corrected chi connectivity index (χ0v) is 16.5. The second kappa shape index (κ2) is 7.78. The molecule has 7 heteroatoms. The minimum Gasteiger partial charge on any atom is -0.376 e. The highest BCUT2D eigenvalue weighted by atomic mass is 32.1. The minimum atomic E-state index is -0.0777. The van der Waals surface area contributed by atoms with Crippen LogP contribution in [0.15, 0.2) is 34.1 Å². The highest BCUT2D eigenvalue weighted by molar-refractivity contribution is 7.20. The van der Waals surface area contributed by atoms with Crippen LogP contribution >= 0.6 is 11.3 Å². The van der Waals surface area contributed by atoms with E-state index >= 15 is 0 Å². The van der Waals surface area contributed by atoms with Crippen LogP contribution < -0.4 is 5.56 Å². The van der Waals surface area contributed by atoms with E-state index in [-0.39, 0.29) is 11.7 Å². The van der Waals surface area contributed by atoms with Gasteiger partial charge in [0.15, 0.2) is 0 Å². The topological polar surface area (TPSA) is 72.3 Å². The van der Waals surface area contributed by atoms with Crippen molar-refractivity contribution in [3.05, 3.63) is 45.9 Å². The van der Waals surface area contributed by atoms with Gasteiger partial charge < -0.3 is 4.74 Å². The number of ether oxygens (including phenoxy) is 1. The maximum atomic E-state index is 13.2. The summed E-state index contributed by atoms with van der Waals surface area (Å²) in [6, 6.07) is 7.93. The van der Waals surface area contributed by atoms with Gasteiger partial charge in [0, 0.05) is 18.0 Å². The van der Waals surface area contributed by atoms with Crippen LogP contribution in [-0.4, -0.2) is 39.7 Å². The Morgan fingerprint density at radius 1 is 1.44 bits per heavy atom. The number of nitrogens with zero attached hydrogens (tertiary/aromatic N) is 3. The third-order valence-corrected chi connectivity index (χ3v) is 5.88. The molecule has 0 saturated carbocycles. The van der Waals surface area contributed by atoms with E-state index in [0.717, 1.165) is 53.9 Å². The molecule has 3 heterocycles. The first-order valence-electron chi connectivity index (χ1n) is 9.50. The molecule has 1 fully saturated rings. The second-order valence-electron chi connectivity index (χ2n) is 6.88. The predicted octanol–water partition coefficient (Wildman–Crippen LogP) is 3.72. The molecule has 0 aliphatic carbocycles. The Hall–Kier alpha value is -2.25. The second-order valence-corrected chi connectivity index (χ2v) is 7.89. The van der Waals surface area contributed by atoms with Gasteiger partial charge in [-0.05, 0) is 38.3 Å². The number of aromatic amines is 1. The number of fused-ring (bicyclic) bond motifs is 1. The standard InChI is InChI=1S/C20H24N4O2S/c1-3-7-16-18(13(2)21-12-14-8-6-11-26-14)19(25)24(23-16)20-22-15-9-4-5-10-17(15)27-20/h4-5,9-10,14,23H,3,6-8,11-12H2,1-2H3. The van der Waals surface area contributed by atoms with E-state index in [2.05, 4.69) is 22.0 Å². The van der Waals surface area contributed by atoms with Crippen molar-refractivity contribution in [1.29, 1.82) is 0 Å². The number of thiazole rings is 1. The molecule has 1 saturated heterocycles. The van der Waals surface area contributed by atoms with Crippen molar-refractivity contribution in [3.63, 3.8) is 0 Å². The first-order chi connectivity index (χ1) is 13.2. The summed E-state index contributed by atoms with van der Waals surface area (Å²) >= 11 is 1.51. The maximum absolute atomic E-state index is 13.2. The van der Waals surface area contributed by atoms with E-state index in [9.17, 15) is 4.79 Å². The number of benzene rings is 1. The van der Waals surface area contributed by atoms with Crippen LogP contribution in [0.5, 0.6) is 0 Å². The number of rotatable bonds is 6. The summed E-state index contributed by atoms with van der Waals surface area (Å²) < 4.78 is 8.28. The Morgan fingerprint density at radius 2 is 2.30 bits per heavy atom. The summed E-state index contributed by atoms with van der Waals surface area (Å²) in [5, 5.41) is 3.94. The van der Waals surface area contributed by atoms with E-state index in [1.807, 2.05) is 31.2 Å². The first-order valence-corrected chi connectivity index (χ1v) is 10.3. The fraction of sp³-hybridized carbons (Fsp3) is 0.450. The zero-order chi connectivity index (χ0) is 18.8.